The highest BCUT2D eigenvalue weighted by molar-refractivity contribution is 7.92. The summed E-state index contributed by atoms with van der Waals surface area (Å²) < 4.78 is 46.1. The first-order valence-electron chi connectivity index (χ1n) is 8.57. The number of rotatable bonds is 4. The molecule has 27 heavy (non-hydrogen) atoms. The molecular formula is C19H21FN2O4S. The second kappa shape index (κ2) is 7.66. The molecule has 1 aliphatic rings. The number of benzene rings is 2. The van der Waals surface area contributed by atoms with E-state index in [1.54, 1.807) is 11.0 Å². The van der Waals surface area contributed by atoms with Crippen molar-refractivity contribution in [1.29, 1.82) is 0 Å². The zero-order chi connectivity index (χ0) is 19.6. The molecule has 1 saturated heterocycles. The van der Waals surface area contributed by atoms with Crippen LogP contribution in [0.3, 0.4) is 0 Å². The molecule has 8 heteroatoms. The average Bonchev–Trinajstić information content (AvgIpc) is 2.65. The lowest BCUT2D eigenvalue weighted by atomic mass is 10.1. The summed E-state index contributed by atoms with van der Waals surface area (Å²) in [7, 11) is -3.91. The zero-order valence-corrected chi connectivity index (χ0v) is 15.9. The van der Waals surface area contributed by atoms with Crippen LogP contribution in [0.1, 0.15) is 24.2 Å². The van der Waals surface area contributed by atoms with Gasteiger partial charge in [-0.3, -0.25) is 9.52 Å². The first-order chi connectivity index (χ1) is 12.8. The molecule has 0 radical (unpaired) electrons. The van der Waals surface area contributed by atoms with Gasteiger partial charge >= 0.3 is 0 Å². The van der Waals surface area contributed by atoms with E-state index >= 15 is 0 Å². The topological polar surface area (TPSA) is 75.7 Å². The van der Waals surface area contributed by atoms with Crippen molar-refractivity contribution in [3.63, 3.8) is 0 Å². The standard InChI is InChI=1S/C19H21FN2O4S/c1-13-12-26-14(2)11-22(13)19(23)15-4-3-5-18(10-15)27(24,25)21-17-8-6-16(20)7-9-17/h3-10,13-14,21H,11-12H2,1-2H3. The number of amides is 1. The van der Waals surface area contributed by atoms with Crippen molar-refractivity contribution < 1.29 is 22.3 Å². The van der Waals surface area contributed by atoms with Crippen molar-refractivity contribution in [2.24, 2.45) is 0 Å². The van der Waals surface area contributed by atoms with Crippen LogP contribution >= 0.6 is 0 Å². The van der Waals surface area contributed by atoms with Crippen molar-refractivity contribution in [2.45, 2.75) is 30.9 Å². The molecule has 2 unspecified atom stereocenters. The number of carbonyl (C=O) groups excluding carboxylic acids is 1. The number of nitrogens with one attached hydrogen (secondary N) is 1. The Hall–Kier alpha value is -2.45. The molecule has 6 nitrogen and oxygen atoms in total. The van der Waals surface area contributed by atoms with Crippen LogP contribution in [-0.2, 0) is 14.8 Å². The molecule has 1 amide bonds. The highest BCUT2D eigenvalue weighted by atomic mass is 32.2. The van der Waals surface area contributed by atoms with Crippen molar-refractivity contribution >= 4 is 21.6 Å². The van der Waals surface area contributed by atoms with Crippen LogP contribution in [0.2, 0.25) is 0 Å². The molecule has 0 spiro atoms. The number of carbonyl (C=O) groups is 1. The van der Waals surface area contributed by atoms with Gasteiger partial charge in [0.15, 0.2) is 0 Å². The molecule has 0 saturated carbocycles. The third-order valence-electron chi connectivity index (χ3n) is 4.36. The molecular weight excluding hydrogens is 371 g/mol. The molecule has 2 aromatic carbocycles. The molecule has 144 valence electrons. The zero-order valence-electron chi connectivity index (χ0n) is 15.1. The van der Waals surface area contributed by atoms with E-state index in [0.29, 0.717) is 13.2 Å². The monoisotopic (exact) mass is 392 g/mol. The SMILES string of the molecule is CC1CN(C(=O)c2cccc(S(=O)(=O)Nc3ccc(F)cc3)c2)C(C)CO1. The van der Waals surface area contributed by atoms with E-state index in [1.807, 2.05) is 13.8 Å². The van der Waals surface area contributed by atoms with Crippen molar-refractivity contribution in [3.05, 3.63) is 59.9 Å². The van der Waals surface area contributed by atoms with Crippen LogP contribution in [-0.4, -0.2) is 44.5 Å². The lowest BCUT2D eigenvalue weighted by Gasteiger charge is -2.36. The van der Waals surface area contributed by atoms with Crippen molar-refractivity contribution in [1.82, 2.24) is 4.90 Å². The van der Waals surface area contributed by atoms with Gasteiger partial charge in [-0.15, -0.1) is 0 Å². The maximum Gasteiger partial charge on any atom is 0.261 e. The number of halogens is 1. The average molecular weight is 392 g/mol. The molecule has 1 fully saturated rings. The van der Waals surface area contributed by atoms with Gasteiger partial charge in [0.1, 0.15) is 5.82 Å². The Balaban J connectivity index is 1.84. The molecule has 1 aliphatic heterocycles. The molecule has 0 bridgehead atoms. The predicted molar refractivity (Wildman–Crippen MR) is 99.6 cm³/mol. The minimum absolute atomic E-state index is 0.0355. The van der Waals surface area contributed by atoms with Gasteiger partial charge in [0.05, 0.1) is 23.6 Å². The van der Waals surface area contributed by atoms with Gasteiger partial charge in [0.25, 0.3) is 15.9 Å². The first kappa shape index (κ1) is 19.3. The summed E-state index contributed by atoms with van der Waals surface area (Å²) in [5.41, 5.74) is 0.529. The van der Waals surface area contributed by atoms with E-state index in [0.717, 1.165) is 0 Å². The molecule has 3 rings (SSSR count). The largest absolute Gasteiger partial charge is 0.375 e. The number of ether oxygens (including phenoxy) is 1. The smallest absolute Gasteiger partial charge is 0.261 e. The molecule has 2 aromatic rings. The Morgan fingerprint density at radius 1 is 1.19 bits per heavy atom. The van der Waals surface area contributed by atoms with Gasteiger partial charge in [-0.05, 0) is 56.3 Å². The highest BCUT2D eigenvalue weighted by Gasteiger charge is 2.29. The van der Waals surface area contributed by atoms with Crippen LogP contribution < -0.4 is 4.72 Å². The van der Waals surface area contributed by atoms with Gasteiger partial charge in [-0.1, -0.05) is 6.07 Å². The number of nitrogens with zero attached hydrogens (tertiary/aromatic N) is 1. The Morgan fingerprint density at radius 3 is 2.59 bits per heavy atom. The first-order valence-corrected chi connectivity index (χ1v) is 10.1. The number of anilines is 1. The van der Waals surface area contributed by atoms with Gasteiger partial charge in [0, 0.05) is 17.8 Å². The van der Waals surface area contributed by atoms with Gasteiger partial charge in [0.2, 0.25) is 0 Å². The van der Waals surface area contributed by atoms with Gasteiger partial charge < -0.3 is 9.64 Å². The van der Waals surface area contributed by atoms with Gasteiger partial charge in [-0.25, -0.2) is 12.8 Å². The quantitative estimate of drug-likeness (QED) is 0.868. The summed E-state index contributed by atoms with van der Waals surface area (Å²) in [5.74, 6) is -0.698. The number of sulfonamides is 1. The van der Waals surface area contributed by atoms with E-state index in [4.69, 9.17) is 4.74 Å². The Morgan fingerprint density at radius 2 is 1.89 bits per heavy atom. The van der Waals surface area contributed by atoms with Gasteiger partial charge in [-0.2, -0.15) is 0 Å². The summed E-state index contributed by atoms with van der Waals surface area (Å²) in [6.45, 7) is 4.67. The van der Waals surface area contributed by atoms with E-state index in [9.17, 15) is 17.6 Å². The number of hydrogen-bond donors (Lipinski definition) is 1. The summed E-state index contributed by atoms with van der Waals surface area (Å²) >= 11 is 0. The predicted octanol–water partition coefficient (Wildman–Crippen LogP) is 2.88. The molecule has 0 aliphatic carbocycles. The van der Waals surface area contributed by atoms with E-state index in [1.165, 1.54) is 42.5 Å². The third kappa shape index (κ3) is 4.45. The van der Waals surface area contributed by atoms with Crippen molar-refractivity contribution in [2.75, 3.05) is 17.9 Å². The normalized spacial score (nSPS) is 20.3. The Kier molecular flexibility index (Phi) is 5.48. The van der Waals surface area contributed by atoms with Crippen LogP contribution in [0.5, 0.6) is 0 Å². The lowest BCUT2D eigenvalue weighted by molar-refractivity contribution is -0.0387. The summed E-state index contributed by atoms with van der Waals surface area (Å²) in [4.78, 5) is 14.5. The molecule has 1 N–H and O–H groups in total. The highest BCUT2D eigenvalue weighted by Crippen LogP contribution is 2.20. The third-order valence-corrected chi connectivity index (χ3v) is 5.74. The van der Waals surface area contributed by atoms with E-state index < -0.39 is 15.8 Å². The van der Waals surface area contributed by atoms with E-state index in [2.05, 4.69) is 4.72 Å². The minimum Gasteiger partial charge on any atom is -0.375 e. The Bertz CT molecular complexity index is 931. The second-order valence-electron chi connectivity index (χ2n) is 6.59. The molecule has 2 atom stereocenters. The molecule has 0 aromatic heterocycles. The van der Waals surface area contributed by atoms with Crippen molar-refractivity contribution in [3.8, 4) is 0 Å². The second-order valence-corrected chi connectivity index (χ2v) is 8.27. The van der Waals surface area contributed by atoms with Crippen LogP contribution in [0, 0.1) is 5.82 Å². The summed E-state index contributed by atoms with van der Waals surface area (Å²) in [6, 6.07) is 10.8. The number of hydrogen-bond acceptors (Lipinski definition) is 4. The fraction of sp³-hybridized carbons (Fsp3) is 0.316. The Labute approximate surface area is 158 Å². The summed E-state index contributed by atoms with van der Waals surface area (Å²) in [5, 5.41) is 0. The minimum atomic E-state index is -3.91. The fourth-order valence-corrected chi connectivity index (χ4v) is 3.98. The summed E-state index contributed by atoms with van der Waals surface area (Å²) in [6.07, 6.45) is -0.0720. The number of morpholine rings is 1. The fourth-order valence-electron chi connectivity index (χ4n) is 2.88. The van der Waals surface area contributed by atoms with Crippen LogP contribution in [0.4, 0.5) is 10.1 Å². The maximum absolute atomic E-state index is 13.0. The van der Waals surface area contributed by atoms with Crippen LogP contribution in [0.25, 0.3) is 0 Å². The van der Waals surface area contributed by atoms with E-state index in [-0.39, 0.29) is 34.2 Å². The lowest BCUT2D eigenvalue weighted by Crippen LogP contribution is -2.50. The molecule has 1 heterocycles. The maximum atomic E-state index is 13.0. The van der Waals surface area contributed by atoms with Crippen LogP contribution in [0.15, 0.2) is 53.4 Å².